The summed E-state index contributed by atoms with van der Waals surface area (Å²) in [6, 6.07) is 9.69. The van der Waals surface area contributed by atoms with E-state index < -0.39 is 47.3 Å². The van der Waals surface area contributed by atoms with Gasteiger partial charge in [-0.15, -0.1) is 11.8 Å². The Bertz CT molecular complexity index is 1930. The molecule has 12 nitrogen and oxygen atoms in total. The molecule has 3 N–H and O–H groups in total. The smallest absolute Gasteiger partial charge is 0.329 e. The van der Waals surface area contributed by atoms with E-state index in [-0.39, 0.29) is 36.7 Å². The van der Waals surface area contributed by atoms with Crippen LogP contribution in [0.15, 0.2) is 36.4 Å². The third-order valence-electron chi connectivity index (χ3n) is 10.8. The number of nitriles is 1. The molecule has 1 amide bonds. The number of thioether (sulfide) groups is 1. The number of hydrogen-bond acceptors (Lipinski definition) is 12. The van der Waals surface area contributed by atoms with E-state index in [2.05, 4.69) is 21.2 Å². The average Bonchev–Trinajstić information content (AvgIpc) is 3.59. The van der Waals surface area contributed by atoms with Crippen molar-refractivity contribution in [2.75, 3.05) is 33.3 Å². The largest absolute Gasteiger partial charge is 0.507 e. The van der Waals surface area contributed by atoms with E-state index in [0.29, 0.717) is 51.5 Å². The lowest BCUT2D eigenvalue weighted by Crippen LogP contribution is -2.69. The van der Waals surface area contributed by atoms with Crippen LogP contribution >= 0.6 is 11.8 Å². The molecule has 0 saturated carbocycles. The molecule has 2 fully saturated rings. The second-order valence-corrected chi connectivity index (χ2v) is 14.4. The van der Waals surface area contributed by atoms with Crippen molar-refractivity contribution in [1.29, 1.82) is 5.26 Å². The Morgan fingerprint density at radius 2 is 1.84 bits per heavy atom. The highest BCUT2D eigenvalue weighted by atomic mass is 32.2. The van der Waals surface area contributed by atoms with Gasteiger partial charge in [0.2, 0.25) is 6.79 Å². The quantitative estimate of drug-likeness (QED) is 0.344. The molecule has 2 saturated heterocycles. The Morgan fingerprint density at radius 3 is 2.57 bits per heavy atom. The van der Waals surface area contributed by atoms with E-state index in [0.717, 1.165) is 11.1 Å². The number of amides is 1. The van der Waals surface area contributed by atoms with Crippen LogP contribution in [0.25, 0.3) is 0 Å². The molecule has 0 aromatic heterocycles. The number of nitrogens with zero attached hydrogens (tertiary/aromatic N) is 3. The summed E-state index contributed by atoms with van der Waals surface area (Å²) in [6.07, 6.45) is 0.504. The molecule has 7 atom stereocenters. The summed E-state index contributed by atoms with van der Waals surface area (Å²) in [5.41, 5.74) is 4.61. The summed E-state index contributed by atoms with van der Waals surface area (Å²) < 4.78 is 23.6. The van der Waals surface area contributed by atoms with E-state index in [1.165, 1.54) is 18.9 Å². The number of phenols is 2. The normalized spacial score (nSPS) is 28.4. The van der Waals surface area contributed by atoms with Crippen molar-refractivity contribution in [1.82, 2.24) is 15.1 Å². The summed E-state index contributed by atoms with van der Waals surface area (Å²) in [5.74, 6) is 0.460. The van der Waals surface area contributed by atoms with Crippen molar-refractivity contribution in [2.45, 2.75) is 61.8 Å². The molecule has 0 radical (unpaired) electrons. The number of nitrogens with one attached hydrogen (secondary N) is 1. The number of ether oxygens (including phenoxy) is 4. The summed E-state index contributed by atoms with van der Waals surface area (Å²) in [4.78, 5) is 31.2. The molecule has 0 spiro atoms. The Labute approximate surface area is 287 Å². The van der Waals surface area contributed by atoms with Crippen LogP contribution in [0.3, 0.4) is 0 Å². The van der Waals surface area contributed by atoms with Crippen molar-refractivity contribution in [3.05, 3.63) is 75.3 Å². The van der Waals surface area contributed by atoms with E-state index in [4.69, 9.17) is 18.9 Å². The number of benzene rings is 3. The first kappa shape index (κ1) is 31.6. The SMILES string of the molecule is COc1c(C)cc2c(c1O)[C@@H]1C3[C@@H]4SC[C@H](NC(=O)c5ccccc5)C(=O)OC[C@@H](c5c6c(c(C)c(O)c54)OCO6)N3[C@@H](C#N)[C@H](C2)N1C. The second-order valence-electron chi connectivity index (χ2n) is 13.2. The number of piperazine rings is 1. The predicted molar refractivity (Wildman–Crippen MR) is 178 cm³/mol. The zero-order valence-corrected chi connectivity index (χ0v) is 28.2. The van der Waals surface area contributed by atoms with Crippen molar-refractivity contribution < 1.29 is 38.7 Å². The van der Waals surface area contributed by atoms with E-state index in [9.17, 15) is 25.1 Å². The third kappa shape index (κ3) is 4.57. The summed E-state index contributed by atoms with van der Waals surface area (Å²) in [7, 11) is 3.50. The van der Waals surface area contributed by atoms with Crippen LogP contribution in [0.4, 0.5) is 0 Å². The number of hydrogen-bond donors (Lipinski definition) is 3. The molecule has 9 rings (SSSR count). The van der Waals surface area contributed by atoms with Gasteiger partial charge in [-0.3, -0.25) is 14.6 Å². The Morgan fingerprint density at radius 1 is 1.08 bits per heavy atom. The fourth-order valence-corrected chi connectivity index (χ4v) is 10.1. The highest BCUT2D eigenvalue weighted by molar-refractivity contribution is 7.99. The molecule has 6 heterocycles. The number of phenolic OH excluding ortho intramolecular Hbond substituents is 2. The number of fused-ring (bicyclic) bond motifs is 10. The molecule has 254 valence electrons. The molecule has 49 heavy (non-hydrogen) atoms. The van der Waals surface area contributed by atoms with Crippen LogP contribution in [0.1, 0.15) is 61.1 Å². The van der Waals surface area contributed by atoms with Gasteiger partial charge in [-0.05, 0) is 50.6 Å². The van der Waals surface area contributed by atoms with Crippen LogP contribution in [-0.4, -0.2) is 89.4 Å². The van der Waals surface area contributed by atoms with Gasteiger partial charge in [0, 0.05) is 45.7 Å². The number of rotatable bonds is 3. The lowest BCUT2D eigenvalue weighted by atomic mass is 9.71. The second kappa shape index (κ2) is 11.8. The van der Waals surface area contributed by atoms with Gasteiger partial charge in [-0.2, -0.15) is 5.26 Å². The zero-order valence-electron chi connectivity index (χ0n) is 27.4. The summed E-state index contributed by atoms with van der Waals surface area (Å²) in [6.45, 7) is 3.45. The number of likely N-dealkylation sites (N-methyl/N-ethyl adjacent to an activating group) is 1. The molecule has 0 aliphatic carbocycles. The first-order valence-corrected chi connectivity index (χ1v) is 17.3. The highest BCUT2D eigenvalue weighted by Gasteiger charge is 2.60. The van der Waals surface area contributed by atoms with E-state index >= 15 is 0 Å². The molecule has 6 aliphatic rings. The number of aryl methyl sites for hydroxylation is 1. The molecule has 13 heteroatoms. The highest BCUT2D eigenvalue weighted by Crippen LogP contribution is 2.63. The van der Waals surface area contributed by atoms with Gasteiger partial charge in [0.25, 0.3) is 5.91 Å². The van der Waals surface area contributed by atoms with Crippen LogP contribution in [0.2, 0.25) is 0 Å². The maximum atomic E-state index is 13.7. The van der Waals surface area contributed by atoms with Gasteiger partial charge in [0.05, 0.1) is 30.5 Å². The van der Waals surface area contributed by atoms with Crippen LogP contribution in [-0.2, 0) is 16.0 Å². The van der Waals surface area contributed by atoms with Crippen molar-refractivity contribution in [3.8, 4) is 34.8 Å². The maximum absolute atomic E-state index is 13.7. The number of methoxy groups -OCH3 is 1. The standard InChI is InChI=1S/C36H36N4O8S/c1-16-10-19-11-21-22(12-37)40-23-13-46-36(44)20(38-35(43)18-8-6-5-7-9-18)14-49-34(26-25(23)33-32(47-15-48-33)17(2)29(26)41)28(40)27(39(21)3)24(19)30(42)31(16)45-4/h5-10,20-23,27-28,34,41-42H,11,13-15H2,1-4H3,(H,38,43)/t20-,21-,22-,23-,27+,28?,34+/m0/s1. The predicted octanol–water partition coefficient (Wildman–Crippen LogP) is 3.81. The zero-order chi connectivity index (χ0) is 34.3. The van der Waals surface area contributed by atoms with Gasteiger partial charge in [0.1, 0.15) is 24.4 Å². The minimum atomic E-state index is -0.998. The summed E-state index contributed by atoms with van der Waals surface area (Å²) in [5, 5.41) is 37.0. The number of carbonyl (C=O) groups is 2. The van der Waals surface area contributed by atoms with Crippen molar-refractivity contribution in [2.24, 2.45) is 0 Å². The molecule has 1 unspecified atom stereocenters. The van der Waals surface area contributed by atoms with Gasteiger partial charge in [0.15, 0.2) is 23.0 Å². The molecule has 3 aromatic carbocycles. The minimum Gasteiger partial charge on any atom is -0.507 e. The lowest BCUT2D eigenvalue weighted by molar-refractivity contribution is -0.151. The number of esters is 1. The fourth-order valence-electron chi connectivity index (χ4n) is 8.64. The van der Waals surface area contributed by atoms with Gasteiger partial charge >= 0.3 is 5.97 Å². The fraction of sp³-hybridized carbons (Fsp3) is 0.417. The Kier molecular flexibility index (Phi) is 7.58. The lowest BCUT2D eigenvalue weighted by Gasteiger charge is -2.61. The maximum Gasteiger partial charge on any atom is 0.329 e. The monoisotopic (exact) mass is 684 g/mol. The van der Waals surface area contributed by atoms with Crippen molar-refractivity contribution in [3.63, 3.8) is 0 Å². The molecule has 3 aromatic rings. The third-order valence-corrected chi connectivity index (χ3v) is 12.2. The van der Waals surface area contributed by atoms with Crippen LogP contribution in [0, 0.1) is 25.2 Å². The number of aromatic hydroxyl groups is 2. The minimum absolute atomic E-state index is 0.0382. The van der Waals surface area contributed by atoms with E-state index in [1.54, 1.807) is 31.2 Å². The number of carbonyl (C=O) groups excluding carboxylic acids is 2. The Hall–Kier alpha value is -4.64. The topological polar surface area (TPSA) is 154 Å². The molecular formula is C36H36N4O8S. The van der Waals surface area contributed by atoms with Gasteiger partial charge in [-0.25, -0.2) is 4.79 Å². The average molecular weight is 685 g/mol. The first-order valence-electron chi connectivity index (χ1n) is 16.2. The first-order chi connectivity index (χ1) is 23.7. The molecule has 6 aliphatic heterocycles. The van der Waals surface area contributed by atoms with Crippen LogP contribution < -0.4 is 19.5 Å². The van der Waals surface area contributed by atoms with Crippen LogP contribution in [0.5, 0.6) is 28.7 Å². The van der Waals surface area contributed by atoms with Crippen molar-refractivity contribution >= 4 is 23.6 Å². The van der Waals surface area contributed by atoms with Gasteiger partial charge in [-0.1, -0.05) is 24.3 Å². The molecule has 4 bridgehead atoms. The van der Waals surface area contributed by atoms with E-state index in [1.807, 2.05) is 26.1 Å². The van der Waals surface area contributed by atoms with Gasteiger partial charge < -0.3 is 34.5 Å². The Balaban J connectivity index is 1.33. The molecular weight excluding hydrogens is 648 g/mol. The summed E-state index contributed by atoms with van der Waals surface area (Å²) >= 11 is 1.39.